The third-order valence-corrected chi connectivity index (χ3v) is 5.89. The average Bonchev–Trinajstić information content (AvgIpc) is 3.07. The lowest BCUT2D eigenvalue weighted by molar-refractivity contribution is -0.0764. The van der Waals surface area contributed by atoms with Crippen LogP contribution in [0.3, 0.4) is 0 Å². The van der Waals surface area contributed by atoms with E-state index < -0.39 is 15.6 Å². The fraction of sp³-hybridized carbons (Fsp3) is 0.538. The second-order valence-electron chi connectivity index (χ2n) is 5.69. The highest BCUT2D eigenvalue weighted by Gasteiger charge is 2.55. The molecule has 2 aliphatic rings. The first-order chi connectivity index (χ1) is 8.83. The van der Waals surface area contributed by atoms with Gasteiger partial charge in [0, 0.05) is 13.1 Å². The molecule has 0 radical (unpaired) electrons. The number of anilines is 1. The van der Waals surface area contributed by atoms with Crippen LogP contribution in [0, 0.1) is 12.8 Å². The second kappa shape index (κ2) is 3.94. The van der Waals surface area contributed by atoms with Gasteiger partial charge in [0.2, 0.25) is 10.0 Å². The molecule has 19 heavy (non-hydrogen) atoms. The summed E-state index contributed by atoms with van der Waals surface area (Å²) in [7, 11) is -3.58. The van der Waals surface area contributed by atoms with Crippen LogP contribution in [-0.4, -0.2) is 36.5 Å². The molecule has 3 rings (SSSR count). The van der Waals surface area contributed by atoms with E-state index in [1.54, 1.807) is 12.1 Å². The van der Waals surface area contributed by atoms with Crippen molar-refractivity contribution >= 4 is 15.7 Å². The fourth-order valence-electron chi connectivity index (χ4n) is 2.66. The van der Waals surface area contributed by atoms with Gasteiger partial charge in [-0.1, -0.05) is 6.07 Å². The molecule has 0 unspecified atom stereocenters. The van der Waals surface area contributed by atoms with Crippen LogP contribution in [-0.2, 0) is 10.0 Å². The Morgan fingerprint density at radius 3 is 2.53 bits per heavy atom. The summed E-state index contributed by atoms with van der Waals surface area (Å²) in [5, 5.41) is 10.2. The molecule has 1 heterocycles. The van der Waals surface area contributed by atoms with Gasteiger partial charge < -0.3 is 10.8 Å². The third kappa shape index (κ3) is 2.04. The van der Waals surface area contributed by atoms with E-state index in [0.29, 0.717) is 0 Å². The molecule has 1 aromatic carbocycles. The first-order valence-electron chi connectivity index (χ1n) is 6.42. The van der Waals surface area contributed by atoms with Crippen molar-refractivity contribution in [2.75, 3.05) is 18.8 Å². The van der Waals surface area contributed by atoms with Gasteiger partial charge in [-0.05, 0) is 43.4 Å². The smallest absolute Gasteiger partial charge is 0.245 e. The van der Waals surface area contributed by atoms with Crippen LogP contribution in [0.25, 0.3) is 0 Å². The molecule has 1 aliphatic carbocycles. The number of hydrogen-bond acceptors (Lipinski definition) is 4. The van der Waals surface area contributed by atoms with Crippen molar-refractivity contribution < 1.29 is 13.5 Å². The molecule has 0 amide bonds. The van der Waals surface area contributed by atoms with Crippen molar-refractivity contribution in [2.24, 2.45) is 5.92 Å². The zero-order chi connectivity index (χ0) is 13.8. The van der Waals surface area contributed by atoms with E-state index in [1.807, 2.05) is 6.92 Å². The third-order valence-electron chi connectivity index (χ3n) is 4.02. The Bertz CT molecular complexity index is 617. The normalized spacial score (nSPS) is 23.1. The van der Waals surface area contributed by atoms with Crippen LogP contribution < -0.4 is 5.73 Å². The van der Waals surface area contributed by atoms with Gasteiger partial charge >= 0.3 is 0 Å². The Balaban J connectivity index is 1.84. The van der Waals surface area contributed by atoms with Gasteiger partial charge in [0.25, 0.3) is 0 Å². The summed E-state index contributed by atoms with van der Waals surface area (Å²) in [4.78, 5) is 0.135. The van der Waals surface area contributed by atoms with Gasteiger partial charge in [0.05, 0.1) is 11.3 Å². The summed E-state index contributed by atoms with van der Waals surface area (Å²) >= 11 is 0. The quantitative estimate of drug-likeness (QED) is 0.800. The first-order valence-corrected chi connectivity index (χ1v) is 7.86. The Kier molecular flexibility index (Phi) is 2.68. The number of sulfonamides is 1. The van der Waals surface area contributed by atoms with Gasteiger partial charge in [-0.2, -0.15) is 4.31 Å². The lowest BCUT2D eigenvalue weighted by Crippen LogP contribution is -2.64. The highest BCUT2D eigenvalue weighted by molar-refractivity contribution is 7.89. The maximum atomic E-state index is 12.4. The predicted octanol–water partition coefficient (Wildman–Crippen LogP) is 0.723. The van der Waals surface area contributed by atoms with Gasteiger partial charge in [-0.3, -0.25) is 0 Å². The number of nitrogen functional groups attached to an aromatic ring is 1. The number of nitrogens with two attached hydrogens (primary N) is 1. The summed E-state index contributed by atoms with van der Waals surface area (Å²) < 4.78 is 26.1. The van der Waals surface area contributed by atoms with Gasteiger partial charge in [-0.25, -0.2) is 8.42 Å². The van der Waals surface area contributed by atoms with Crippen LogP contribution in [0.15, 0.2) is 23.1 Å². The zero-order valence-corrected chi connectivity index (χ0v) is 11.7. The topological polar surface area (TPSA) is 83.6 Å². The minimum absolute atomic E-state index is 0.135. The molecule has 6 heteroatoms. The molecule has 0 spiro atoms. The average molecular weight is 282 g/mol. The van der Waals surface area contributed by atoms with Crippen molar-refractivity contribution in [2.45, 2.75) is 30.3 Å². The van der Waals surface area contributed by atoms with E-state index in [9.17, 15) is 13.5 Å². The molecule has 0 bridgehead atoms. The highest BCUT2D eigenvalue weighted by Crippen LogP contribution is 2.46. The van der Waals surface area contributed by atoms with Crippen molar-refractivity contribution in [1.82, 2.24) is 4.31 Å². The van der Waals surface area contributed by atoms with E-state index in [4.69, 9.17) is 5.73 Å². The number of aliphatic hydroxyl groups is 1. The number of nitrogens with zero attached hydrogens (tertiary/aromatic N) is 1. The fourth-order valence-corrected chi connectivity index (χ4v) is 4.32. The van der Waals surface area contributed by atoms with Gasteiger partial charge in [0.15, 0.2) is 0 Å². The van der Waals surface area contributed by atoms with Crippen molar-refractivity contribution in [3.8, 4) is 0 Å². The highest BCUT2D eigenvalue weighted by atomic mass is 32.2. The van der Waals surface area contributed by atoms with E-state index >= 15 is 0 Å². The summed E-state index contributed by atoms with van der Waals surface area (Å²) in [5.41, 5.74) is 6.17. The first kappa shape index (κ1) is 12.9. The molecule has 1 saturated heterocycles. The van der Waals surface area contributed by atoms with Crippen LogP contribution in [0.4, 0.5) is 5.69 Å². The lowest BCUT2D eigenvalue weighted by Gasteiger charge is -2.45. The maximum Gasteiger partial charge on any atom is 0.245 e. The van der Waals surface area contributed by atoms with E-state index in [-0.39, 0.29) is 29.6 Å². The summed E-state index contributed by atoms with van der Waals surface area (Å²) in [6.45, 7) is 2.24. The van der Waals surface area contributed by atoms with E-state index in [1.165, 1.54) is 10.4 Å². The molecule has 5 nitrogen and oxygen atoms in total. The molecular formula is C13H18N2O3S. The molecule has 1 aliphatic heterocycles. The number of rotatable bonds is 3. The SMILES string of the molecule is Cc1ccc(S(=O)(=O)N2CC(O)(C3CC3)C2)c(N)c1. The molecule has 104 valence electrons. The molecule has 0 atom stereocenters. The summed E-state index contributed by atoms with van der Waals surface area (Å²) in [5.74, 6) is 0.273. The van der Waals surface area contributed by atoms with E-state index in [2.05, 4.69) is 0 Å². The number of aryl methyl sites for hydroxylation is 1. The largest absolute Gasteiger partial charge is 0.398 e. The van der Waals surface area contributed by atoms with Gasteiger partial charge in [-0.15, -0.1) is 0 Å². The number of hydrogen-bond donors (Lipinski definition) is 2. The van der Waals surface area contributed by atoms with Crippen LogP contribution >= 0.6 is 0 Å². The lowest BCUT2D eigenvalue weighted by atomic mass is 9.91. The van der Waals surface area contributed by atoms with Crippen LogP contribution in [0.5, 0.6) is 0 Å². The molecular weight excluding hydrogens is 264 g/mol. The molecule has 3 N–H and O–H groups in total. The van der Waals surface area contributed by atoms with Crippen LogP contribution in [0.2, 0.25) is 0 Å². The molecule has 0 aromatic heterocycles. The Morgan fingerprint density at radius 2 is 2.00 bits per heavy atom. The predicted molar refractivity (Wildman–Crippen MR) is 72.0 cm³/mol. The Morgan fingerprint density at radius 1 is 1.37 bits per heavy atom. The minimum Gasteiger partial charge on any atom is -0.398 e. The monoisotopic (exact) mass is 282 g/mol. The van der Waals surface area contributed by atoms with Crippen molar-refractivity contribution in [3.05, 3.63) is 23.8 Å². The standard InChI is InChI=1S/C13H18N2O3S/c1-9-2-5-12(11(14)6-9)19(17,18)15-7-13(16,8-15)10-3-4-10/h2,5-6,10,16H,3-4,7-8,14H2,1H3. The summed E-state index contributed by atoms with van der Waals surface area (Å²) in [6.07, 6.45) is 1.99. The minimum atomic E-state index is -3.58. The zero-order valence-electron chi connectivity index (χ0n) is 10.8. The number of β-amino-alcohol motifs (C(OH)–C–C–N with tert-alkyl or cyclic N) is 1. The number of benzene rings is 1. The second-order valence-corrected chi connectivity index (χ2v) is 7.60. The van der Waals surface area contributed by atoms with Crippen molar-refractivity contribution in [1.29, 1.82) is 0 Å². The van der Waals surface area contributed by atoms with Crippen molar-refractivity contribution in [3.63, 3.8) is 0 Å². The summed E-state index contributed by atoms with van der Waals surface area (Å²) in [6, 6.07) is 4.92. The molecule has 1 aromatic rings. The molecule has 1 saturated carbocycles. The Labute approximate surface area is 113 Å². The Hall–Kier alpha value is -1.11. The van der Waals surface area contributed by atoms with E-state index in [0.717, 1.165) is 18.4 Å². The molecule has 2 fully saturated rings. The van der Waals surface area contributed by atoms with Gasteiger partial charge in [0.1, 0.15) is 4.90 Å². The van der Waals surface area contributed by atoms with Crippen LogP contribution in [0.1, 0.15) is 18.4 Å². The maximum absolute atomic E-state index is 12.4.